The SMILES string of the molecule is CN[C@H](Cc1ccccc1)C(=O)N1CCC[C@H]1C(=O)NC(CCCN=C(N)N)C(=O)c1nc(C(=O)CCc2ccccc2)cs1. The van der Waals surface area contributed by atoms with Crippen molar-refractivity contribution in [1.29, 1.82) is 0 Å². The number of likely N-dealkylation sites (N-methyl/N-ethyl adjacent to an activating group) is 1. The minimum atomic E-state index is -0.924. The fourth-order valence-corrected chi connectivity index (χ4v) is 6.22. The fraction of sp³-hybridized carbons (Fsp3) is 0.394. The Balaban J connectivity index is 1.44. The van der Waals surface area contributed by atoms with E-state index in [-0.39, 0.29) is 47.7 Å². The number of carbonyl (C=O) groups excluding carboxylic acids is 4. The van der Waals surface area contributed by atoms with Gasteiger partial charge in [-0.15, -0.1) is 11.3 Å². The molecule has 0 aliphatic carbocycles. The molecule has 1 unspecified atom stereocenters. The molecule has 6 N–H and O–H groups in total. The lowest BCUT2D eigenvalue weighted by molar-refractivity contribution is -0.140. The smallest absolute Gasteiger partial charge is 0.243 e. The van der Waals surface area contributed by atoms with Gasteiger partial charge in [-0.25, -0.2) is 4.98 Å². The van der Waals surface area contributed by atoms with Crippen LogP contribution < -0.4 is 22.1 Å². The van der Waals surface area contributed by atoms with E-state index >= 15 is 0 Å². The van der Waals surface area contributed by atoms with Crippen molar-refractivity contribution in [3.8, 4) is 0 Å². The molecule has 0 bridgehead atoms. The topological polar surface area (TPSA) is 173 Å². The van der Waals surface area contributed by atoms with Crippen LogP contribution in [0.25, 0.3) is 0 Å². The van der Waals surface area contributed by atoms with Gasteiger partial charge in [0.1, 0.15) is 11.7 Å². The van der Waals surface area contributed by atoms with Crippen LogP contribution in [0.1, 0.15) is 63.5 Å². The van der Waals surface area contributed by atoms with Crippen LogP contribution in [0.4, 0.5) is 0 Å². The van der Waals surface area contributed by atoms with Crippen LogP contribution in [0.3, 0.4) is 0 Å². The number of Topliss-reactive ketones (excluding diaryl/α,β-unsaturated/α-hetero) is 2. The minimum Gasteiger partial charge on any atom is -0.370 e. The van der Waals surface area contributed by atoms with E-state index in [0.29, 0.717) is 38.6 Å². The zero-order valence-electron chi connectivity index (χ0n) is 25.5. The van der Waals surface area contributed by atoms with E-state index in [0.717, 1.165) is 22.5 Å². The summed E-state index contributed by atoms with van der Waals surface area (Å²) in [5.41, 5.74) is 13.2. The number of nitrogens with zero attached hydrogens (tertiary/aromatic N) is 3. The summed E-state index contributed by atoms with van der Waals surface area (Å²) in [6.45, 7) is 0.731. The summed E-state index contributed by atoms with van der Waals surface area (Å²) >= 11 is 1.08. The Morgan fingerprint density at radius 1 is 1.02 bits per heavy atom. The highest BCUT2D eigenvalue weighted by Crippen LogP contribution is 2.22. The number of aliphatic imine (C=N–C) groups is 1. The monoisotopic (exact) mass is 631 g/mol. The number of carbonyl (C=O) groups is 4. The Morgan fingerprint density at radius 2 is 1.71 bits per heavy atom. The van der Waals surface area contributed by atoms with Gasteiger partial charge in [0.2, 0.25) is 17.6 Å². The van der Waals surface area contributed by atoms with Crippen LogP contribution in [-0.2, 0) is 22.4 Å². The average Bonchev–Trinajstić information content (AvgIpc) is 3.75. The number of rotatable bonds is 16. The number of benzene rings is 2. The quantitative estimate of drug-likeness (QED) is 0.0808. The van der Waals surface area contributed by atoms with Crippen molar-refractivity contribution in [1.82, 2.24) is 20.5 Å². The lowest BCUT2D eigenvalue weighted by Gasteiger charge is -2.29. The molecule has 3 aromatic rings. The Morgan fingerprint density at radius 3 is 2.38 bits per heavy atom. The number of nitrogens with two attached hydrogens (primary N) is 2. The van der Waals surface area contributed by atoms with Gasteiger partial charge in [-0.3, -0.25) is 24.2 Å². The summed E-state index contributed by atoms with van der Waals surface area (Å²) in [4.78, 5) is 63.6. The van der Waals surface area contributed by atoms with Crippen LogP contribution in [0.2, 0.25) is 0 Å². The number of nitrogens with one attached hydrogen (secondary N) is 2. The number of ketones is 2. The Bertz CT molecular complexity index is 1470. The highest BCUT2D eigenvalue weighted by atomic mass is 32.1. The molecule has 0 saturated carbocycles. The molecule has 12 heteroatoms. The Kier molecular flexibility index (Phi) is 12.3. The zero-order valence-corrected chi connectivity index (χ0v) is 26.3. The maximum Gasteiger partial charge on any atom is 0.243 e. The van der Waals surface area contributed by atoms with Crippen molar-refractivity contribution in [2.45, 2.75) is 63.1 Å². The first-order valence-electron chi connectivity index (χ1n) is 15.2. The molecule has 2 aromatic carbocycles. The van der Waals surface area contributed by atoms with Crippen molar-refractivity contribution in [3.05, 3.63) is 87.9 Å². The van der Waals surface area contributed by atoms with Crippen molar-refractivity contribution < 1.29 is 19.2 Å². The average molecular weight is 632 g/mol. The molecular formula is C33H41N7O4S. The summed E-state index contributed by atoms with van der Waals surface area (Å²) in [5.74, 6) is -1.17. The van der Waals surface area contributed by atoms with Crippen LogP contribution in [0, 0.1) is 0 Å². The Labute approximate surface area is 267 Å². The van der Waals surface area contributed by atoms with Crippen molar-refractivity contribution in [2.24, 2.45) is 16.5 Å². The number of hydrogen-bond acceptors (Lipinski definition) is 8. The fourth-order valence-electron chi connectivity index (χ4n) is 5.40. The third kappa shape index (κ3) is 9.53. The van der Waals surface area contributed by atoms with Crippen molar-refractivity contribution >= 4 is 40.7 Å². The third-order valence-corrected chi connectivity index (χ3v) is 8.69. The number of likely N-dealkylation sites (tertiary alicyclic amines) is 1. The summed E-state index contributed by atoms with van der Waals surface area (Å²) in [7, 11) is 1.73. The maximum atomic E-state index is 13.7. The standard InChI is InChI=1S/C33H41N7O4S/c1-36-25(20-23-12-6-3-7-13-23)32(44)40-19-9-15-27(40)30(43)38-24(14-8-18-37-33(34)35)29(42)31-39-26(21-45-31)28(41)17-16-22-10-4-2-5-11-22/h2-7,10-13,21,24-25,27,36H,8-9,14-20H2,1H3,(H,38,43)(H4,34,35,37)/t24?,25-,27+/m1/s1. The first kappa shape index (κ1) is 33.5. The number of aromatic nitrogens is 1. The number of amides is 2. The molecule has 1 aliphatic heterocycles. The van der Waals surface area contributed by atoms with Crippen LogP contribution in [0.15, 0.2) is 71.0 Å². The molecule has 0 radical (unpaired) electrons. The number of guanidine groups is 1. The largest absolute Gasteiger partial charge is 0.370 e. The minimum absolute atomic E-state index is 0.0600. The summed E-state index contributed by atoms with van der Waals surface area (Å²) in [6.07, 6.45) is 3.18. The second-order valence-electron chi connectivity index (χ2n) is 11.0. The predicted molar refractivity (Wildman–Crippen MR) is 175 cm³/mol. The van der Waals surface area contributed by atoms with Crippen LogP contribution >= 0.6 is 11.3 Å². The number of hydrogen-bond donors (Lipinski definition) is 4. The molecule has 1 fully saturated rings. The summed E-state index contributed by atoms with van der Waals surface area (Å²) < 4.78 is 0. The van der Waals surface area contributed by atoms with Crippen molar-refractivity contribution in [2.75, 3.05) is 20.1 Å². The molecule has 2 heterocycles. The molecular weight excluding hydrogens is 590 g/mol. The predicted octanol–water partition coefficient (Wildman–Crippen LogP) is 2.50. The molecule has 3 atom stereocenters. The number of aryl methyl sites for hydroxylation is 1. The van der Waals surface area contributed by atoms with Gasteiger partial charge in [-0.1, -0.05) is 60.7 Å². The van der Waals surface area contributed by atoms with E-state index in [4.69, 9.17) is 11.5 Å². The Hall–Kier alpha value is -4.42. The molecule has 0 spiro atoms. The first-order valence-corrected chi connectivity index (χ1v) is 16.1. The lowest BCUT2D eigenvalue weighted by Crippen LogP contribution is -2.54. The van der Waals surface area contributed by atoms with Gasteiger partial charge in [-0.05, 0) is 56.7 Å². The van der Waals surface area contributed by atoms with Crippen LogP contribution in [-0.4, -0.2) is 77.5 Å². The van der Waals surface area contributed by atoms with Crippen molar-refractivity contribution in [3.63, 3.8) is 0 Å². The van der Waals surface area contributed by atoms with Gasteiger partial charge < -0.3 is 27.0 Å². The number of thiazole rings is 1. The lowest BCUT2D eigenvalue weighted by atomic mass is 10.0. The second kappa shape index (κ2) is 16.6. The third-order valence-electron chi connectivity index (χ3n) is 7.83. The molecule has 2 amide bonds. The van der Waals surface area contributed by atoms with E-state index < -0.39 is 29.8 Å². The molecule has 11 nitrogen and oxygen atoms in total. The van der Waals surface area contributed by atoms with Gasteiger partial charge in [0.05, 0.1) is 12.1 Å². The first-order chi connectivity index (χ1) is 21.8. The van der Waals surface area contributed by atoms with E-state index in [1.807, 2.05) is 60.7 Å². The molecule has 1 aromatic heterocycles. The molecule has 1 saturated heterocycles. The van der Waals surface area contributed by atoms with E-state index in [2.05, 4.69) is 20.6 Å². The molecule has 1 aliphatic rings. The van der Waals surface area contributed by atoms with Gasteiger partial charge in [0.15, 0.2) is 16.8 Å². The van der Waals surface area contributed by atoms with E-state index in [1.165, 1.54) is 0 Å². The molecule has 4 rings (SSSR count). The highest BCUT2D eigenvalue weighted by molar-refractivity contribution is 7.12. The summed E-state index contributed by atoms with van der Waals surface area (Å²) in [5, 5.41) is 7.71. The second-order valence-corrected chi connectivity index (χ2v) is 11.9. The molecule has 45 heavy (non-hydrogen) atoms. The van der Waals surface area contributed by atoms with Gasteiger partial charge in [0.25, 0.3) is 0 Å². The maximum absolute atomic E-state index is 13.7. The van der Waals surface area contributed by atoms with Gasteiger partial charge >= 0.3 is 0 Å². The molecule has 238 valence electrons. The highest BCUT2D eigenvalue weighted by Gasteiger charge is 2.38. The zero-order chi connectivity index (χ0) is 32.2. The van der Waals surface area contributed by atoms with Gasteiger partial charge in [0, 0.05) is 24.9 Å². The summed E-state index contributed by atoms with van der Waals surface area (Å²) in [6, 6.07) is 17.3. The normalized spacial score (nSPS) is 15.7. The van der Waals surface area contributed by atoms with E-state index in [1.54, 1.807) is 17.3 Å². The van der Waals surface area contributed by atoms with Crippen LogP contribution in [0.5, 0.6) is 0 Å². The van der Waals surface area contributed by atoms with Gasteiger partial charge in [-0.2, -0.15) is 0 Å². The van der Waals surface area contributed by atoms with E-state index in [9.17, 15) is 19.2 Å².